The highest BCUT2D eigenvalue weighted by molar-refractivity contribution is 5.61. The molecule has 0 amide bonds. The van der Waals surface area contributed by atoms with E-state index < -0.39 is 0 Å². The van der Waals surface area contributed by atoms with Crippen molar-refractivity contribution < 1.29 is 4.39 Å². The number of rotatable bonds is 5. The Kier molecular flexibility index (Phi) is 4.32. The third-order valence-electron chi connectivity index (χ3n) is 2.88. The van der Waals surface area contributed by atoms with Gasteiger partial charge in [-0.15, -0.1) is 0 Å². The van der Waals surface area contributed by atoms with Crippen molar-refractivity contribution in [1.82, 2.24) is 15.3 Å². The lowest BCUT2D eigenvalue weighted by Gasteiger charge is -2.04. The van der Waals surface area contributed by atoms with E-state index in [0.29, 0.717) is 12.5 Å². The molecular weight excluding hydrogens is 241 g/mol. The van der Waals surface area contributed by atoms with Crippen molar-refractivity contribution in [2.24, 2.45) is 5.92 Å². The molecule has 2 aromatic rings. The molecule has 0 aliphatic rings. The highest BCUT2D eigenvalue weighted by atomic mass is 19.1. The van der Waals surface area contributed by atoms with Gasteiger partial charge in [0.2, 0.25) is 0 Å². The van der Waals surface area contributed by atoms with Crippen LogP contribution >= 0.6 is 0 Å². The molecule has 4 heteroatoms. The van der Waals surface area contributed by atoms with Gasteiger partial charge in [0.05, 0.1) is 12.2 Å². The monoisotopic (exact) mass is 261 g/mol. The fraction of sp³-hybridized carbons (Fsp3) is 0.400. The van der Waals surface area contributed by atoms with Gasteiger partial charge in [-0.3, -0.25) is 0 Å². The van der Waals surface area contributed by atoms with Crippen molar-refractivity contribution in [3.63, 3.8) is 0 Å². The van der Waals surface area contributed by atoms with Gasteiger partial charge in [0, 0.05) is 11.3 Å². The number of nitrogens with zero attached hydrogens (tertiary/aromatic N) is 1. The molecule has 0 spiro atoms. The second-order valence-corrected chi connectivity index (χ2v) is 5.19. The maximum atomic E-state index is 13.2. The Labute approximate surface area is 113 Å². The Morgan fingerprint density at radius 2 is 2.16 bits per heavy atom. The van der Waals surface area contributed by atoms with E-state index in [9.17, 15) is 4.39 Å². The molecule has 102 valence electrons. The van der Waals surface area contributed by atoms with E-state index in [1.165, 1.54) is 12.1 Å². The summed E-state index contributed by atoms with van der Waals surface area (Å²) in [5.41, 5.74) is 2.59. The summed E-state index contributed by atoms with van der Waals surface area (Å²) in [6.07, 6.45) is 0. The predicted molar refractivity (Wildman–Crippen MR) is 75.3 cm³/mol. The van der Waals surface area contributed by atoms with Crippen molar-refractivity contribution in [2.75, 3.05) is 6.54 Å². The summed E-state index contributed by atoms with van der Waals surface area (Å²) in [5, 5.41) is 3.34. The molecule has 1 heterocycles. The molecule has 0 aliphatic carbocycles. The molecule has 19 heavy (non-hydrogen) atoms. The van der Waals surface area contributed by atoms with Gasteiger partial charge in [-0.05, 0) is 31.5 Å². The minimum atomic E-state index is -0.237. The van der Waals surface area contributed by atoms with Crippen LogP contribution in [-0.4, -0.2) is 16.5 Å². The number of aromatic amines is 1. The molecule has 0 bridgehead atoms. The zero-order chi connectivity index (χ0) is 13.8. The smallest absolute Gasteiger partial charge is 0.123 e. The number of aryl methyl sites for hydroxylation is 1. The second kappa shape index (κ2) is 5.97. The number of halogens is 1. The fourth-order valence-electron chi connectivity index (χ4n) is 2.00. The van der Waals surface area contributed by atoms with Crippen molar-refractivity contribution in [3.8, 4) is 11.3 Å². The molecule has 0 saturated carbocycles. The molecule has 0 atom stereocenters. The maximum Gasteiger partial charge on any atom is 0.123 e. The number of H-pyrrole nitrogens is 1. The molecule has 2 rings (SSSR count). The van der Waals surface area contributed by atoms with Crippen LogP contribution in [0.4, 0.5) is 4.39 Å². The van der Waals surface area contributed by atoms with Gasteiger partial charge in [-0.25, -0.2) is 9.37 Å². The van der Waals surface area contributed by atoms with Gasteiger partial charge < -0.3 is 10.3 Å². The van der Waals surface area contributed by atoms with Crippen LogP contribution in [0.3, 0.4) is 0 Å². The van der Waals surface area contributed by atoms with Crippen LogP contribution < -0.4 is 5.32 Å². The zero-order valence-electron chi connectivity index (χ0n) is 11.6. The van der Waals surface area contributed by atoms with Crippen LogP contribution in [0.2, 0.25) is 0 Å². The van der Waals surface area contributed by atoms with Gasteiger partial charge in [0.1, 0.15) is 11.6 Å². The predicted octanol–water partition coefficient (Wildman–Crippen LogP) is 3.27. The van der Waals surface area contributed by atoms with Crippen molar-refractivity contribution in [1.29, 1.82) is 0 Å². The Hall–Kier alpha value is -1.68. The first-order valence-corrected chi connectivity index (χ1v) is 6.58. The number of nitrogens with one attached hydrogen (secondary N) is 2. The third kappa shape index (κ3) is 3.64. The van der Waals surface area contributed by atoms with Crippen LogP contribution in [0, 0.1) is 18.7 Å². The number of hydrogen-bond acceptors (Lipinski definition) is 2. The van der Waals surface area contributed by atoms with Crippen molar-refractivity contribution >= 4 is 0 Å². The highest BCUT2D eigenvalue weighted by Gasteiger charge is 2.09. The average Bonchev–Trinajstić information content (AvgIpc) is 2.70. The van der Waals surface area contributed by atoms with E-state index in [2.05, 4.69) is 29.1 Å². The highest BCUT2D eigenvalue weighted by Crippen LogP contribution is 2.21. The lowest BCUT2D eigenvalue weighted by Crippen LogP contribution is -2.19. The molecule has 0 fully saturated rings. The maximum absolute atomic E-state index is 13.2. The second-order valence-electron chi connectivity index (χ2n) is 5.19. The van der Waals surface area contributed by atoms with E-state index in [-0.39, 0.29) is 5.82 Å². The van der Waals surface area contributed by atoms with Crippen LogP contribution in [0.5, 0.6) is 0 Å². The summed E-state index contributed by atoms with van der Waals surface area (Å²) in [7, 11) is 0. The normalized spacial score (nSPS) is 11.2. The van der Waals surface area contributed by atoms with Crippen LogP contribution in [0.15, 0.2) is 24.3 Å². The lowest BCUT2D eigenvalue weighted by molar-refractivity contribution is 0.544. The molecule has 1 aromatic carbocycles. The Morgan fingerprint density at radius 1 is 1.37 bits per heavy atom. The topological polar surface area (TPSA) is 40.7 Å². The summed E-state index contributed by atoms with van der Waals surface area (Å²) in [6.45, 7) is 7.94. The first-order valence-electron chi connectivity index (χ1n) is 6.58. The van der Waals surface area contributed by atoms with E-state index in [1.807, 2.05) is 13.0 Å². The average molecular weight is 261 g/mol. The molecule has 0 unspecified atom stereocenters. The minimum Gasteiger partial charge on any atom is -0.344 e. The van der Waals surface area contributed by atoms with Gasteiger partial charge >= 0.3 is 0 Å². The quantitative estimate of drug-likeness (QED) is 0.867. The molecule has 2 N–H and O–H groups in total. The van der Waals surface area contributed by atoms with Gasteiger partial charge in [-0.1, -0.05) is 26.0 Å². The molecule has 1 aromatic heterocycles. The van der Waals surface area contributed by atoms with Crippen LogP contribution in [-0.2, 0) is 6.54 Å². The standard InChI is InChI=1S/C15H20FN3/c1-10(2)8-17-9-14-18-11(3)15(19-14)12-5-4-6-13(16)7-12/h4-7,10,17H,8-9H2,1-3H3,(H,18,19). The van der Waals surface area contributed by atoms with Crippen molar-refractivity contribution in [2.45, 2.75) is 27.3 Å². The number of hydrogen-bond donors (Lipinski definition) is 2. The summed E-state index contributed by atoms with van der Waals surface area (Å²) in [4.78, 5) is 7.77. The van der Waals surface area contributed by atoms with E-state index in [0.717, 1.165) is 29.3 Å². The van der Waals surface area contributed by atoms with E-state index in [1.54, 1.807) is 6.07 Å². The largest absolute Gasteiger partial charge is 0.344 e. The minimum absolute atomic E-state index is 0.237. The number of aromatic nitrogens is 2. The van der Waals surface area contributed by atoms with Crippen LogP contribution in [0.25, 0.3) is 11.3 Å². The van der Waals surface area contributed by atoms with Crippen LogP contribution in [0.1, 0.15) is 25.4 Å². The fourth-order valence-corrected chi connectivity index (χ4v) is 2.00. The molecule has 0 aliphatic heterocycles. The first-order chi connectivity index (χ1) is 9.06. The Balaban J connectivity index is 2.12. The molecule has 0 radical (unpaired) electrons. The molecule has 3 nitrogen and oxygen atoms in total. The summed E-state index contributed by atoms with van der Waals surface area (Å²) in [6, 6.07) is 6.53. The lowest BCUT2D eigenvalue weighted by atomic mass is 10.1. The van der Waals surface area contributed by atoms with Gasteiger partial charge in [0.15, 0.2) is 0 Å². The van der Waals surface area contributed by atoms with E-state index >= 15 is 0 Å². The van der Waals surface area contributed by atoms with Gasteiger partial charge in [0.25, 0.3) is 0 Å². The SMILES string of the molecule is Cc1[nH]c(CNCC(C)C)nc1-c1cccc(F)c1. The third-order valence-corrected chi connectivity index (χ3v) is 2.88. The summed E-state index contributed by atoms with van der Waals surface area (Å²) < 4.78 is 13.2. The van der Waals surface area contributed by atoms with E-state index in [4.69, 9.17) is 0 Å². The Morgan fingerprint density at radius 3 is 2.84 bits per heavy atom. The Bertz CT molecular complexity index is 546. The first kappa shape index (κ1) is 13.7. The molecule has 0 saturated heterocycles. The molecular formula is C15H20FN3. The summed E-state index contributed by atoms with van der Waals surface area (Å²) in [5.74, 6) is 1.26. The van der Waals surface area contributed by atoms with Crippen molar-refractivity contribution in [3.05, 3.63) is 41.6 Å². The van der Waals surface area contributed by atoms with Gasteiger partial charge in [-0.2, -0.15) is 0 Å². The zero-order valence-corrected chi connectivity index (χ0v) is 11.6. The summed E-state index contributed by atoms with van der Waals surface area (Å²) >= 11 is 0. The number of imidazole rings is 1. The number of benzene rings is 1.